The molecule has 1 fully saturated rings. The number of rotatable bonds is 6. The highest BCUT2D eigenvalue weighted by Gasteiger charge is 2.25. The fraction of sp³-hybridized carbons (Fsp3) is 0.273. The lowest BCUT2D eigenvalue weighted by molar-refractivity contribution is -0.130. The van der Waals surface area contributed by atoms with Crippen LogP contribution in [0.25, 0.3) is 11.1 Å². The summed E-state index contributed by atoms with van der Waals surface area (Å²) in [5.41, 5.74) is 9.36. The Bertz CT molecular complexity index is 1300. The molecule has 1 aliphatic rings. The summed E-state index contributed by atoms with van der Waals surface area (Å²) in [4.78, 5) is 56.5. The van der Waals surface area contributed by atoms with E-state index in [4.69, 9.17) is 19.6 Å². The summed E-state index contributed by atoms with van der Waals surface area (Å²) in [6.45, 7) is 3.15. The summed E-state index contributed by atoms with van der Waals surface area (Å²) in [5, 5.41) is 1.38. The van der Waals surface area contributed by atoms with Crippen LogP contribution < -0.4 is 16.2 Å². The third kappa shape index (κ3) is 4.37. The highest BCUT2D eigenvalue weighted by atomic mass is 16.5. The fourth-order valence-electron chi connectivity index (χ4n) is 3.44. The van der Waals surface area contributed by atoms with Crippen molar-refractivity contribution in [1.82, 2.24) is 15.4 Å². The van der Waals surface area contributed by atoms with Crippen LogP contribution in [0.5, 0.6) is 0 Å². The number of nitrogens with two attached hydrogens (primary N) is 1. The van der Waals surface area contributed by atoms with Crippen LogP contribution in [0.2, 0.25) is 0 Å². The van der Waals surface area contributed by atoms with Gasteiger partial charge in [-0.1, -0.05) is 0 Å². The highest BCUT2D eigenvalue weighted by molar-refractivity contribution is 6.07. The highest BCUT2D eigenvalue weighted by Crippen LogP contribution is 2.29. The lowest BCUT2D eigenvalue weighted by Crippen LogP contribution is -2.50. The molecule has 3 aromatic rings. The van der Waals surface area contributed by atoms with Crippen LogP contribution in [0.15, 0.2) is 28.7 Å². The van der Waals surface area contributed by atoms with Gasteiger partial charge in [0.1, 0.15) is 17.1 Å². The van der Waals surface area contributed by atoms with Crippen molar-refractivity contribution < 1.29 is 33.1 Å². The Kier molecular flexibility index (Phi) is 6.13. The molecule has 176 valence electrons. The van der Waals surface area contributed by atoms with Crippen molar-refractivity contribution in [3.63, 3.8) is 0 Å². The minimum Gasteiger partial charge on any atom is -0.462 e. The molecule has 0 unspecified atom stereocenters. The Hall–Kier alpha value is -4.48. The second-order valence-corrected chi connectivity index (χ2v) is 7.35. The number of nitrogen functional groups attached to an aromatic ring is 1. The van der Waals surface area contributed by atoms with Gasteiger partial charge in [-0.05, 0) is 38.1 Å². The Balaban J connectivity index is 1.46. The zero-order chi connectivity index (χ0) is 24.4. The first kappa shape index (κ1) is 22.7. The van der Waals surface area contributed by atoms with E-state index in [2.05, 4.69) is 15.4 Å². The first-order valence-corrected chi connectivity index (χ1v) is 10.4. The van der Waals surface area contributed by atoms with Gasteiger partial charge in [0.2, 0.25) is 17.5 Å². The van der Waals surface area contributed by atoms with Crippen LogP contribution in [0.4, 0.5) is 11.5 Å². The Morgan fingerprint density at radius 1 is 1.12 bits per heavy atom. The average molecular weight is 467 g/mol. The maximum absolute atomic E-state index is 12.4. The lowest BCUT2D eigenvalue weighted by Gasteiger charge is -2.27. The number of esters is 2. The quantitative estimate of drug-likeness (QED) is 0.510. The number of nitrogens with zero attached hydrogens (tertiary/aromatic N) is 3. The minimum absolute atomic E-state index is 0.00597. The molecule has 12 heteroatoms. The SMILES string of the molecule is CCOC(=O)c1c(C)oc2nc(COC(=O)c3ccc(N4NC(=O)CCC4=O)cc3)nc(N)c12. The standard InChI is InChI=1S/C22H21N5O7/c1-3-32-22(31)17-11(2)34-20-18(17)19(23)24-14(25-20)10-33-21(30)12-4-6-13(7-5-12)27-16(29)9-8-15(28)26-27/h4-7H,3,8-10H2,1-2H3,(H,26,28)(H2,23,24,25). The number of nitrogens with one attached hydrogen (secondary N) is 1. The second-order valence-electron chi connectivity index (χ2n) is 7.35. The van der Waals surface area contributed by atoms with E-state index in [9.17, 15) is 19.2 Å². The molecule has 12 nitrogen and oxygen atoms in total. The number of anilines is 2. The summed E-state index contributed by atoms with van der Waals surface area (Å²) >= 11 is 0. The molecule has 0 aliphatic carbocycles. The fourth-order valence-corrected chi connectivity index (χ4v) is 3.44. The molecule has 3 N–H and O–H groups in total. The van der Waals surface area contributed by atoms with E-state index >= 15 is 0 Å². The summed E-state index contributed by atoms with van der Waals surface area (Å²) in [6, 6.07) is 5.96. The molecule has 2 amide bonds. The molecular weight excluding hydrogens is 446 g/mol. The van der Waals surface area contributed by atoms with E-state index in [0.717, 1.165) is 5.01 Å². The molecule has 0 bridgehead atoms. The van der Waals surface area contributed by atoms with Crippen molar-refractivity contribution in [1.29, 1.82) is 0 Å². The van der Waals surface area contributed by atoms with Gasteiger partial charge >= 0.3 is 11.9 Å². The number of aromatic nitrogens is 2. The van der Waals surface area contributed by atoms with Crippen molar-refractivity contribution in [3.8, 4) is 0 Å². The van der Waals surface area contributed by atoms with Gasteiger partial charge in [0.05, 0.1) is 23.2 Å². The minimum atomic E-state index is -0.661. The topological polar surface area (TPSA) is 167 Å². The van der Waals surface area contributed by atoms with Gasteiger partial charge in [-0.3, -0.25) is 15.0 Å². The molecule has 1 saturated heterocycles. The van der Waals surface area contributed by atoms with Crippen molar-refractivity contribution in [2.24, 2.45) is 0 Å². The van der Waals surface area contributed by atoms with Gasteiger partial charge in [0.25, 0.3) is 0 Å². The zero-order valence-corrected chi connectivity index (χ0v) is 18.4. The van der Waals surface area contributed by atoms with Crippen molar-refractivity contribution in [3.05, 3.63) is 47.0 Å². The van der Waals surface area contributed by atoms with Crippen molar-refractivity contribution in [2.45, 2.75) is 33.3 Å². The van der Waals surface area contributed by atoms with E-state index in [1.165, 1.54) is 24.3 Å². The molecule has 0 spiro atoms. The lowest BCUT2D eigenvalue weighted by atomic mass is 10.2. The number of hydrogen-bond acceptors (Lipinski definition) is 10. The van der Waals surface area contributed by atoms with Crippen LogP contribution in [0, 0.1) is 6.92 Å². The average Bonchev–Trinajstić information content (AvgIpc) is 3.15. The van der Waals surface area contributed by atoms with E-state index in [1.807, 2.05) is 0 Å². The number of hydrogen-bond donors (Lipinski definition) is 2. The maximum atomic E-state index is 12.4. The largest absolute Gasteiger partial charge is 0.462 e. The van der Waals surface area contributed by atoms with Gasteiger partial charge in [0, 0.05) is 12.8 Å². The Morgan fingerprint density at radius 3 is 2.56 bits per heavy atom. The molecule has 3 heterocycles. The smallest absolute Gasteiger partial charge is 0.342 e. The van der Waals surface area contributed by atoms with Crippen LogP contribution in [0.3, 0.4) is 0 Å². The molecule has 1 aliphatic heterocycles. The monoisotopic (exact) mass is 467 g/mol. The van der Waals surface area contributed by atoms with E-state index in [0.29, 0.717) is 5.69 Å². The summed E-state index contributed by atoms with van der Waals surface area (Å²) < 4.78 is 15.8. The summed E-state index contributed by atoms with van der Waals surface area (Å²) in [6.07, 6.45) is 0.249. The number of benzene rings is 1. The van der Waals surface area contributed by atoms with E-state index in [1.54, 1.807) is 13.8 Å². The van der Waals surface area contributed by atoms with Crippen LogP contribution in [-0.2, 0) is 25.7 Å². The van der Waals surface area contributed by atoms with Crippen molar-refractivity contribution >= 4 is 46.4 Å². The number of ether oxygens (including phenoxy) is 2. The number of furan rings is 1. The first-order chi connectivity index (χ1) is 16.3. The molecule has 2 aromatic heterocycles. The molecule has 0 radical (unpaired) electrons. The van der Waals surface area contributed by atoms with Gasteiger partial charge in [-0.15, -0.1) is 0 Å². The van der Waals surface area contributed by atoms with Crippen LogP contribution >= 0.6 is 0 Å². The zero-order valence-electron chi connectivity index (χ0n) is 18.4. The van der Waals surface area contributed by atoms with E-state index < -0.39 is 11.9 Å². The first-order valence-electron chi connectivity index (χ1n) is 10.4. The van der Waals surface area contributed by atoms with Gasteiger partial charge < -0.3 is 19.6 Å². The molecule has 34 heavy (non-hydrogen) atoms. The summed E-state index contributed by atoms with van der Waals surface area (Å²) in [7, 11) is 0. The summed E-state index contributed by atoms with van der Waals surface area (Å²) in [5.74, 6) is -1.41. The Morgan fingerprint density at radius 2 is 1.85 bits per heavy atom. The second kappa shape index (κ2) is 9.17. The van der Waals surface area contributed by atoms with Gasteiger partial charge in [-0.2, -0.15) is 4.98 Å². The van der Waals surface area contributed by atoms with E-state index in [-0.39, 0.29) is 77.5 Å². The number of carbonyl (C=O) groups is 4. The molecule has 4 rings (SSSR count). The predicted molar refractivity (Wildman–Crippen MR) is 117 cm³/mol. The predicted octanol–water partition coefficient (Wildman–Crippen LogP) is 1.81. The third-order valence-corrected chi connectivity index (χ3v) is 5.03. The third-order valence-electron chi connectivity index (χ3n) is 5.03. The number of fused-ring (bicyclic) bond motifs is 1. The maximum Gasteiger partial charge on any atom is 0.342 e. The molecule has 0 atom stereocenters. The van der Waals surface area contributed by atoms with Gasteiger partial charge in [0.15, 0.2) is 12.4 Å². The normalized spacial score (nSPS) is 13.6. The molecular formula is C22H21N5O7. The number of hydrazine groups is 1. The number of aryl methyl sites for hydroxylation is 1. The molecule has 0 saturated carbocycles. The molecule has 1 aromatic carbocycles. The van der Waals surface area contributed by atoms with Crippen LogP contribution in [-0.4, -0.2) is 40.3 Å². The van der Waals surface area contributed by atoms with Crippen molar-refractivity contribution in [2.75, 3.05) is 17.3 Å². The number of amides is 2. The van der Waals surface area contributed by atoms with Gasteiger partial charge in [-0.25, -0.2) is 19.6 Å². The number of carbonyl (C=O) groups excluding carboxylic acids is 4. The van der Waals surface area contributed by atoms with Crippen LogP contribution in [0.1, 0.15) is 52.1 Å². The Labute approximate surface area is 193 Å².